The minimum absolute atomic E-state index is 0.0886. The highest BCUT2D eigenvalue weighted by molar-refractivity contribution is 5.78. The quantitative estimate of drug-likeness (QED) is 0.594. The zero-order valence-corrected chi connectivity index (χ0v) is 15.5. The minimum atomic E-state index is 0.0886. The van der Waals surface area contributed by atoms with E-state index in [-0.39, 0.29) is 6.04 Å². The van der Waals surface area contributed by atoms with Crippen molar-refractivity contribution >= 4 is 10.9 Å². The molecule has 0 spiro atoms. The van der Waals surface area contributed by atoms with Crippen LogP contribution in [0, 0.1) is 0 Å². The Kier molecular flexibility index (Phi) is 4.56. The van der Waals surface area contributed by atoms with Crippen LogP contribution in [-0.4, -0.2) is 44.6 Å². The average molecular weight is 371 g/mol. The number of rotatable bonds is 4. The third-order valence-electron chi connectivity index (χ3n) is 5.16. The third-order valence-corrected chi connectivity index (χ3v) is 5.16. The molecule has 1 aliphatic heterocycles. The van der Waals surface area contributed by atoms with E-state index in [0.29, 0.717) is 6.61 Å². The molecular weight excluding hydrogens is 350 g/mol. The van der Waals surface area contributed by atoms with Crippen LogP contribution in [0.15, 0.2) is 67.3 Å². The highest BCUT2D eigenvalue weighted by Crippen LogP contribution is 2.26. The summed E-state index contributed by atoms with van der Waals surface area (Å²) >= 11 is 0. The van der Waals surface area contributed by atoms with Crippen molar-refractivity contribution in [2.75, 3.05) is 19.8 Å². The first-order valence-corrected chi connectivity index (χ1v) is 9.47. The highest BCUT2D eigenvalue weighted by atomic mass is 16.5. The van der Waals surface area contributed by atoms with Gasteiger partial charge in [-0.05, 0) is 29.8 Å². The summed E-state index contributed by atoms with van der Waals surface area (Å²) < 4.78 is 5.76. The van der Waals surface area contributed by atoms with E-state index in [1.165, 1.54) is 10.9 Å². The molecule has 4 aromatic rings. The number of pyridine rings is 2. The zero-order valence-electron chi connectivity index (χ0n) is 15.5. The summed E-state index contributed by atoms with van der Waals surface area (Å²) in [5.41, 5.74) is 4.23. The summed E-state index contributed by atoms with van der Waals surface area (Å²) in [4.78, 5) is 19.3. The Morgan fingerprint density at radius 1 is 1.07 bits per heavy atom. The monoisotopic (exact) mass is 371 g/mol. The number of hydrogen-bond acceptors (Lipinski definition) is 5. The van der Waals surface area contributed by atoms with Gasteiger partial charge in [-0.1, -0.05) is 18.2 Å². The van der Waals surface area contributed by atoms with Crippen molar-refractivity contribution in [1.82, 2.24) is 24.8 Å². The van der Waals surface area contributed by atoms with Crippen LogP contribution in [0.2, 0.25) is 0 Å². The predicted octanol–water partition coefficient (Wildman–Crippen LogP) is 3.59. The summed E-state index contributed by atoms with van der Waals surface area (Å²) in [7, 11) is 0. The SMILES string of the molecule is c1cncc(-c2cnc(C3COCCN3Cc3cnc4ccccc4c3)[nH]2)c1. The van der Waals surface area contributed by atoms with Gasteiger partial charge in [0.05, 0.1) is 36.7 Å². The lowest BCUT2D eigenvalue weighted by atomic mass is 10.1. The number of nitrogens with zero attached hydrogens (tertiary/aromatic N) is 4. The number of morpholine rings is 1. The number of nitrogens with one attached hydrogen (secondary N) is 1. The molecule has 1 N–H and O–H groups in total. The molecule has 1 aliphatic rings. The largest absolute Gasteiger partial charge is 0.378 e. The first kappa shape index (κ1) is 17.0. The summed E-state index contributed by atoms with van der Waals surface area (Å²) in [6.07, 6.45) is 7.46. The maximum Gasteiger partial charge on any atom is 0.126 e. The number of para-hydroxylation sites is 1. The number of imidazole rings is 1. The van der Waals surface area contributed by atoms with Crippen molar-refractivity contribution in [1.29, 1.82) is 0 Å². The summed E-state index contributed by atoms with van der Waals surface area (Å²) in [5.74, 6) is 0.923. The Balaban J connectivity index is 1.39. The van der Waals surface area contributed by atoms with Gasteiger partial charge >= 0.3 is 0 Å². The molecule has 0 aliphatic carbocycles. The van der Waals surface area contributed by atoms with Crippen LogP contribution in [0.1, 0.15) is 17.4 Å². The van der Waals surface area contributed by atoms with Crippen LogP contribution in [0.5, 0.6) is 0 Å². The molecule has 0 saturated carbocycles. The second-order valence-corrected chi connectivity index (χ2v) is 7.02. The molecule has 1 unspecified atom stereocenters. The molecule has 6 nitrogen and oxygen atoms in total. The van der Waals surface area contributed by atoms with E-state index < -0.39 is 0 Å². The van der Waals surface area contributed by atoms with Gasteiger partial charge in [-0.25, -0.2) is 4.98 Å². The Bertz CT molecular complexity index is 1080. The number of ether oxygens (including phenoxy) is 1. The molecule has 5 rings (SSSR count). The Hall–Kier alpha value is -3.09. The fourth-order valence-electron chi connectivity index (χ4n) is 3.69. The first-order chi connectivity index (χ1) is 13.9. The number of aromatic nitrogens is 4. The predicted molar refractivity (Wildman–Crippen MR) is 108 cm³/mol. The fourth-order valence-corrected chi connectivity index (χ4v) is 3.69. The third kappa shape index (κ3) is 3.40. The lowest BCUT2D eigenvalue weighted by Crippen LogP contribution is -2.39. The van der Waals surface area contributed by atoms with Gasteiger partial charge in [0.2, 0.25) is 0 Å². The molecule has 28 heavy (non-hydrogen) atoms. The van der Waals surface area contributed by atoms with Crippen LogP contribution in [0.4, 0.5) is 0 Å². The normalized spacial score (nSPS) is 17.8. The summed E-state index contributed by atoms with van der Waals surface area (Å²) in [5, 5.41) is 1.17. The van der Waals surface area contributed by atoms with Gasteiger partial charge in [-0.15, -0.1) is 0 Å². The maximum absolute atomic E-state index is 5.76. The second-order valence-electron chi connectivity index (χ2n) is 7.02. The van der Waals surface area contributed by atoms with Crippen LogP contribution in [0.3, 0.4) is 0 Å². The molecule has 0 amide bonds. The van der Waals surface area contributed by atoms with Crippen LogP contribution >= 0.6 is 0 Å². The Labute approximate surface area is 163 Å². The van der Waals surface area contributed by atoms with Gasteiger partial charge in [0, 0.05) is 42.6 Å². The van der Waals surface area contributed by atoms with Crippen molar-refractivity contribution in [2.24, 2.45) is 0 Å². The van der Waals surface area contributed by atoms with E-state index in [2.05, 4.69) is 37.0 Å². The first-order valence-electron chi connectivity index (χ1n) is 9.47. The van der Waals surface area contributed by atoms with Gasteiger partial charge in [0.25, 0.3) is 0 Å². The zero-order chi connectivity index (χ0) is 18.8. The number of H-pyrrole nitrogens is 1. The van der Waals surface area contributed by atoms with Crippen LogP contribution in [0.25, 0.3) is 22.2 Å². The second kappa shape index (κ2) is 7.50. The molecule has 1 saturated heterocycles. The van der Waals surface area contributed by atoms with Gasteiger partial charge in [0.15, 0.2) is 0 Å². The number of fused-ring (bicyclic) bond motifs is 1. The number of aromatic amines is 1. The molecule has 3 aromatic heterocycles. The van der Waals surface area contributed by atoms with Crippen molar-refractivity contribution in [3.8, 4) is 11.3 Å². The van der Waals surface area contributed by atoms with Gasteiger partial charge in [-0.2, -0.15) is 0 Å². The van der Waals surface area contributed by atoms with Crippen molar-refractivity contribution < 1.29 is 4.74 Å². The van der Waals surface area contributed by atoms with Crippen LogP contribution in [-0.2, 0) is 11.3 Å². The Morgan fingerprint density at radius 3 is 2.96 bits per heavy atom. The lowest BCUT2D eigenvalue weighted by molar-refractivity contribution is -0.0156. The van der Waals surface area contributed by atoms with E-state index in [0.717, 1.165) is 42.3 Å². The number of benzene rings is 1. The molecular formula is C22H21N5O. The minimum Gasteiger partial charge on any atom is -0.378 e. The molecule has 0 radical (unpaired) electrons. The van der Waals surface area contributed by atoms with E-state index in [1.807, 2.05) is 48.9 Å². The molecule has 1 atom stereocenters. The van der Waals surface area contributed by atoms with Gasteiger partial charge in [0.1, 0.15) is 5.82 Å². The van der Waals surface area contributed by atoms with Crippen molar-refractivity contribution in [3.63, 3.8) is 0 Å². The van der Waals surface area contributed by atoms with Crippen molar-refractivity contribution in [2.45, 2.75) is 12.6 Å². The van der Waals surface area contributed by atoms with Gasteiger partial charge < -0.3 is 9.72 Å². The fraction of sp³-hybridized carbons (Fsp3) is 0.227. The molecule has 1 fully saturated rings. The number of hydrogen-bond donors (Lipinski definition) is 1. The van der Waals surface area contributed by atoms with E-state index in [1.54, 1.807) is 6.20 Å². The summed E-state index contributed by atoms with van der Waals surface area (Å²) in [6.45, 7) is 3.03. The molecule has 1 aromatic carbocycles. The summed E-state index contributed by atoms with van der Waals surface area (Å²) in [6, 6.07) is 14.5. The lowest BCUT2D eigenvalue weighted by Gasteiger charge is -2.34. The standard InChI is InChI=1S/C22H21N5O/c1-2-6-19-17(4-1)10-16(11-24-19)14-27-8-9-28-15-21(27)22-25-13-20(26-22)18-5-3-7-23-12-18/h1-7,10-13,21H,8-9,14-15H2,(H,25,26). The average Bonchev–Trinajstić information content (AvgIpc) is 3.25. The van der Waals surface area contributed by atoms with E-state index in [4.69, 9.17) is 4.74 Å². The molecule has 140 valence electrons. The maximum atomic E-state index is 5.76. The molecule has 6 heteroatoms. The van der Waals surface area contributed by atoms with E-state index >= 15 is 0 Å². The van der Waals surface area contributed by atoms with Gasteiger partial charge in [-0.3, -0.25) is 14.9 Å². The smallest absolute Gasteiger partial charge is 0.126 e. The topological polar surface area (TPSA) is 66.9 Å². The Morgan fingerprint density at radius 2 is 2.04 bits per heavy atom. The van der Waals surface area contributed by atoms with Crippen molar-refractivity contribution in [3.05, 3.63) is 78.6 Å². The highest BCUT2D eigenvalue weighted by Gasteiger charge is 2.27. The molecule has 0 bridgehead atoms. The van der Waals surface area contributed by atoms with Crippen LogP contribution < -0.4 is 0 Å². The van der Waals surface area contributed by atoms with E-state index in [9.17, 15) is 0 Å². The molecule has 4 heterocycles.